The fourth-order valence-electron chi connectivity index (χ4n) is 3.89. The molecular weight excluding hydrogens is 444 g/mol. The van der Waals surface area contributed by atoms with Gasteiger partial charge in [-0.15, -0.1) is 5.10 Å². The molecule has 0 atom stereocenters. The molecule has 0 bridgehead atoms. The number of hydrogen-bond donors (Lipinski definition) is 1. The fraction of sp³-hybridized carbons (Fsp3) is 0.261. The van der Waals surface area contributed by atoms with Crippen LogP contribution in [0.4, 0.5) is 6.01 Å². The number of aromatic nitrogens is 2. The molecule has 170 valence electrons. The largest absolute Gasteiger partial charge is 0.451 e. The zero-order valence-corrected chi connectivity index (χ0v) is 18.7. The van der Waals surface area contributed by atoms with Gasteiger partial charge in [-0.2, -0.15) is 4.31 Å². The highest BCUT2D eigenvalue weighted by Gasteiger charge is 2.32. The number of piperidine rings is 1. The molecule has 2 aromatic heterocycles. The summed E-state index contributed by atoms with van der Waals surface area (Å²) >= 11 is 0. The number of nitrogens with zero attached hydrogens (tertiary/aromatic N) is 3. The van der Waals surface area contributed by atoms with E-state index in [1.165, 1.54) is 4.31 Å². The van der Waals surface area contributed by atoms with Gasteiger partial charge < -0.3 is 8.83 Å². The van der Waals surface area contributed by atoms with E-state index in [1.54, 1.807) is 30.3 Å². The summed E-state index contributed by atoms with van der Waals surface area (Å²) in [6.07, 6.45) is 0.809. The average Bonchev–Trinajstić information content (AvgIpc) is 3.46. The van der Waals surface area contributed by atoms with E-state index in [9.17, 15) is 13.2 Å². The number of amides is 1. The molecule has 4 aromatic rings. The number of carbonyl (C=O) groups excluding carboxylic acids is 1. The number of furan rings is 1. The number of carbonyl (C=O) groups is 1. The van der Waals surface area contributed by atoms with Gasteiger partial charge in [-0.05, 0) is 44.0 Å². The molecule has 1 saturated heterocycles. The summed E-state index contributed by atoms with van der Waals surface area (Å²) in [5.41, 5.74) is 1.69. The maximum Gasteiger partial charge on any atom is 0.322 e. The van der Waals surface area contributed by atoms with Gasteiger partial charge in [0.15, 0.2) is 5.76 Å². The Bertz CT molecular complexity index is 1370. The van der Waals surface area contributed by atoms with Crippen molar-refractivity contribution in [3.05, 3.63) is 60.2 Å². The number of anilines is 1. The topological polar surface area (TPSA) is 119 Å². The van der Waals surface area contributed by atoms with E-state index in [1.807, 2.05) is 31.2 Å². The van der Waals surface area contributed by atoms with E-state index in [0.717, 1.165) is 10.9 Å². The molecule has 10 heteroatoms. The molecular formula is C23H22N4O5S. The molecule has 0 saturated carbocycles. The van der Waals surface area contributed by atoms with Gasteiger partial charge in [-0.1, -0.05) is 41.0 Å². The number of benzene rings is 2. The molecule has 1 fully saturated rings. The predicted octanol–water partition coefficient (Wildman–Crippen LogP) is 3.83. The first-order valence-electron chi connectivity index (χ1n) is 10.6. The van der Waals surface area contributed by atoms with Crippen LogP contribution in [-0.2, 0) is 14.8 Å². The molecule has 5 rings (SSSR count). The van der Waals surface area contributed by atoms with Crippen molar-refractivity contribution in [2.24, 2.45) is 5.92 Å². The van der Waals surface area contributed by atoms with Crippen molar-refractivity contribution in [1.29, 1.82) is 0 Å². The predicted molar refractivity (Wildman–Crippen MR) is 121 cm³/mol. The summed E-state index contributed by atoms with van der Waals surface area (Å²) in [6.45, 7) is 2.44. The van der Waals surface area contributed by atoms with E-state index in [-0.39, 0.29) is 41.7 Å². The van der Waals surface area contributed by atoms with E-state index < -0.39 is 10.0 Å². The van der Waals surface area contributed by atoms with Gasteiger partial charge in [0.05, 0.1) is 4.90 Å². The highest BCUT2D eigenvalue weighted by molar-refractivity contribution is 7.89. The summed E-state index contributed by atoms with van der Waals surface area (Å²) in [6, 6.07) is 16.1. The van der Waals surface area contributed by atoms with Crippen LogP contribution >= 0.6 is 0 Å². The third kappa shape index (κ3) is 4.27. The SMILES string of the molecule is Cc1ccc(S(=O)(=O)N2CCC(C(=O)Nc3nnc(-c4cc5ccccc5o4)o3)CC2)cc1. The lowest BCUT2D eigenvalue weighted by atomic mass is 9.97. The first-order chi connectivity index (χ1) is 15.9. The van der Waals surface area contributed by atoms with Crippen LogP contribution in [-0.4, -0.2) is 41.9 Å². The van der Waals surface area contributed by atoms with E-state index in [0.29, 0.717) is 24.2 Å². The lowest BCUT2D eigenvalue weighted by Gasteiger charge is -2.30. The minimum absolute atomic E-state index is 0.0230. The molecule has 1 amide bonds. The van der Waals surface area contributed by atoms with Crippen LogP contribution in [0, 0.1) is 12.8 Å². The highest BCUT2D eigenvalue weighted by atomic mass is 32.2. The van der Waals surface area contributed by atoms with Crippen molar-refractivity contribution in [2.75, 3.05) is 18.4 Å². The van der Waals surface area contributed by atoms with Crippen LogP contribution in [0.2, 0.25) is 0 Å². The quantitative estimate of drug-likeness (QED) is 0.475. The fourth-order valence-corrected chi connectivity index (χ4v) is 5.36. The summed E-state index contributed by atoms with van der Waals surface area (Å²) in [7, 11) is -3.57. The molecule has 1 aliphatic heterocycles. The molecule has 0 aliphatic carbocycles. The Kier molecular flexibility index (Phi) is 5.47. The highest BCUT2D eigenvalue weighted by Crippen LogP contribution is 2.28. The third-order valence-corrected chi connectivity index (χ3v) is 7.69. The van der Waals surface area contributed by atoms with Crippen LogP contribution in [0.1, 0.15) is 18.4 Å². The average molecular weight is 467 g/mol. The smallest absolute Gasteiger partial charge is 0.322 e. The summed E-state index contributed by atoms with van der Waals surface area (Å²) in [5, 5.41) is 11.4. The van der Waals surface area contributed by atoms with Gasteiger partial charge in [0.1, 0.15) is 5.58 Å². The number of para-hydroxylation sites is 1. The monoisotopic (exact) mass is 466 g/mol. The van der Waals surface area contributed by atoms with Gasteiger partial charge in [0.25, 0.3) is 5.89 Å². The third-order valence-electron chi connectivity index (χ3n) is 5.77. The molecule has 0 spiro atoms. The summed E-state index contributed by atoms with van der Waals surface area (Å²) in [5.74, 6) is -0.0439. The van der Waals surface area contributed by atoms with Crippen molar-refractivity contribution in [2.45, 2.75) is 24.7 Å². The van der Waals surface area contributed by atoms with Crippen LogP contribution in [0.15, 0.2) is 68.3 Å². The van der Waals surface area contributed by atoms with E-state index in [4.69, 9.17) is 8.83 Å². The van der Waals surface area contributed by atoms with Gasteiger partial charge in [0, 0.05) is 24.4 Å². The number of nitrogens with one attached hydrogen (secondary N) is 1. The molecule has 0 radical (unpaired) electrons. The second kappa shape index (κ2) is 8.45. The van der Waals surface area contributed by atoms with Crippen LogP contribution < -0.4 is 5.32 Å². The number of fused-ring (bicyclic) bond motifs is 1. The molecule has 9 nitrogen and oxygen atoms in total. The minimum Gasteiger partial charge on any atom is -0.451 e. The Balaban J connectivity index is 1.21. The molecule has 1 aliphatic rings. The minimum atomic E-state index is -3.57. The number of aryl methyl sites for hydroxylation is 1. The van der Waals surface area contributed by atoms with Gasteiger partial charge in [-0.3, -0.25) is 10.1 Å². The van der Waals surface area contributed by atoms with Crippen LogP contribution in [0.25, 0.3) is 22.6 Å². The Hall–Kier alpha value is -3.50. The maximum atomic E-state index is 12.9. The standard InChI is InChI=1S/C23H22N4O5S/c1-15-6-8-18(9-7-15)33(29,30)27-12-10-16(11-13-27)21(28)24-23-26-25-22(32-23)20-14-17-4-2-3-5-19(17)31-20/h2-9,14,16H,10-13H2,1H3,(H,24,26,28). The Morgan fingerprint density at radius 3 is 2.48 bits per heavy atom. The number of rotatable bonds is 5. The Morgan fingerprint density at radius 1 is 1.03 bits per heavy atom. The summed E-state index contributed by atoms with van der Waals surface area (Å²) in [4.78, 5) is 13.0. The normalized spacial score (nSPS) is 15.7. The van der Waals surface area contributed by atoms with Crippen LogP contribution in [0.5, 0.6) is 0 Å². The molecule has 3 heterocycles. The Morgan fingerprint density at radius 2 is 1.76 bits per heavy atom. The molecule has 0 unspecified atom stereocenters. The first-order valence-corrected chi connectivity index (χ1v) is 12.0. The van der Waals surface area contributed by atoms with Crippen LogP contribution in [0.3, 0.4) is 0 Å². The van der Waals surface area contributed by atoms with Gasteiger partial charge in [-0.25, -0.2) is 8.42 Å². The van der Waals surface area contributed by atoms with E-state index >= 15 is 0 Å². The van der Waals surface area contributed by atoms with Gasteiger partial charge in [0.2, 0.25) is 15.9 Å². The van der Waals surface area contributed by atoms with Crippen molar-refractivity contribution in [3.8, 4) is 11.7 Å². The maximum absolute atomic E-state index is 12.9. The van der Waals surface area contributed by atoms with Crippen molar-refractivity contribution in [3.63, 3.8) is 0 Å². The molecule has 33 heavy (non-hydrogen) atoms. The number of hydrogen-bond acceptors (Lipinski definition) is 7. The van der Waals surface area contributed by atoms with Crippen molar-refractivity contribution >= 4 is 32.9 Å². The zero-order chi connectivity index (χ0) is 23.0. The van der Waals surface area contributed by atoms with Crippen molar-refractivity contribution < 1.29 is 22.0 Å². The first kappa shape index (κ1) is 21.4. The molecule has 1 N–H and O–H groups in total. The summed E-state index contributed by atoms with van der Waals surface area (Å²) < 4.78 is 38.4. The lowest BCUT2D eigenvalue weighted by molar-refractivity contribution is -0.121. The zero-order valence-electron chi connectivity index (χ0n) is 17.9. The van der Waals surface area contributed by atoms with Gasteiger partial charge >= 0.3 is 6.01 Å². The molecule has 2 aromatic carbocycles. The second-order valence-electron chi connectivity index (χ2n) is 8.04. The van der Waals surface area contributed by atoms with E-state index in [2.05, 4.69) is 15.5 Å². The number of sulfonamides is 1. The Labute approximate surface area is 190 Å². The van der Waals surface area contributed by atoms with Crippen molar-refractivity contribution in [1.82, 2.24) is 14.5 Å². The second-order valence-corrected chi connectivity index (χ2v) is 9.98. The lowest BCUT2D eigenvalue weighted by Crippen LogP contribution is -2.41.